The van der Waals surface area contributed by atoms with Crippen molar-refractivity contribution < 1.29 is 4.74 Å². The lowest BCUT2D eigenvalue weighted by Crippen LogP contribution is -2.13. The van der Waals surface area contributed by atoms with Crippen LogP contribution in [-0.4, -0.2) is 12.3 Å². The number of nitrogens with zero attached hydrogens (tertiary/aromatic N) is 1. The smallest absolute Gasteiger partial charge is 0.149 e. The van der Waals surface area contributed by atoms with Gasteiger partial charge in [0.25, 0.3) is 0 Å². The average Bonchev–Trinajstić information content (AvgIpc) is 2.44. The third-order valence-corrected chi connectivity index (χ3v) is 3.78. The molecule has 1 atom stereocenters. The monoisotopic (exact) mass is 312 g/mol. The highest BCUT2D eigenvalue weighted by Gasteiger charge is 2.16. The van der Waals surface area contributed by atoms with Crippen LogP contribution in [0.1, 0.15) is 12.0 Å². The van der Waals surface area contributed by atoms with Gasteiger partial charge in [0, 0.05) is 5.69 Å². The first-order valence-electron chi connectivity index (χ1n) is 7.15. The predicted molar refractivity (Wildman–Crippen MR) is 92.6 cm³/mol. The van der Waals surface area contributed by atoms with Crippen LogP contribution in [0.25, 0.3) is 0 Å². The molecule has 0 amide bonds. The van der Waals surface area contributed by atoms with Crippen molar-refractivity contribution in [2.24, 2.45) is 4.99 Å². The van der Waals surface area contributed by atoms with Gasteiger partial charge in [-0.25, -0.2) is 0 Å². The molecule has 1 heterocycles. The van der Waals surface area contributed by atoms with Crippen molar-refractivity contribution in [3.8, 4) is 5.75 Å². The molecule has 112 valence electrons. The lowest BCUT2D eigenvalue weighted by atomic mass is 10.0. The minimum absolute atomic E-state index is 0.0558. The van der Waals surface area contributed by atoms with Gasteiger partial charge in [0.2, 0.25) is 0 Å². The summed E-state index contributed by atoms with van der Waals surface area (Å²) in [5.74, 6) is 1.28. The van der Waals surface area contributed by atoms with E-state index in [1.165, 1.54) is 0 Å². The molecule has 1 unspecified atom stereocenters. The van der Waals surface area contributed by atoms with E-state index in [1.54, 1.807) is 12.3 Å². The maximum absolute atomic E-state index is 6.23. The molecular formula is C18H17ClN2O. The summed E-state index contributed by atoms with van der Waals surface area (Å²) in [6.45, 7) is 1.92. The maximum Gasteiger partial charge on any atom is 0.149 e. The number of allylic oxidation sites excluding steroid dienone is 5. The number of dihydropyridines is 1. The minimum atomic E-state index is 0.0558. The van der Waals surface area contributed by atoms with Crippen molar-refractivity contribution in [2.75, 3.05) is 5.73 Å². The van der Waals surface area contributed by atoms with Gasteiger partial charge in [-0.2, -0.15) is 0 Å². The third-order valence-electron chi connectivity index (χ3n) is 3.50. The van der Waals surface area contributed by atoms with E-state index in [-0.39, 0.29) is 6.04 Å². The van der Waals surface area contributed by atoms with E-state index in [0.29, 0.717) is 22.2 Å². The zero-order chi connectivity index (χ0) is 15.5. The van der Waals surface area contributed by atoms with Gasteiger partial charge in [-0.1, -0.05) is 42.0 Å². The van der Waals surface area contributed by atoms with E-state index >= 15 is 0 Å². The second-order valence-electron chi connectivity index (χ2n) is 5.28. The number of hydrogen-bond acceptors (Lipinski definition) is 3. The summed E-state index contributed by atoms with van der Waals surface area (Å²) < 4.78 is 5.93. The standard InChI is InChI=1S/C18H17ClN2O/c1-12-8-14(20)10-16(19)18(12)22-15-9-13-6-4-2-3-5-7-17(13)21-11-15/h2,4-11,17H,3,20H2,1H3/b4-2-,7-5?,13-6-. The summed E-state index contributed by atoms with van der Waals surface area (Å²) in [4.78, 5) is 4.53. The van der Waals surface area contributed by atoms with Crippen LogP contribution in [0.2, 0.25) is 5.02 Å². The molecule has 22 heavy (non-hydrogen) atoms. The number of benzene rings is 1. The molecule has 0 fully saturated rings. The summed E-state index contributed by atoms with van der Waals surface area (Å²) >= 11 is 6.23. The summed E-state index contributed by atoms with van der Waals surface area (Å²) in [7, 11) is 0. The normalized spacial score (nSPS) is 23.6. The first kappa shape index (κ1) is 14.7. The van der Waals surface area contributed by atoms with Crippen molar-refractivity contribution in [3.05, 3.63) is 70.5 Å². The quantitative estimate of drug-likeness (QED) is 0.650. The van der Waals surface area contributed by atoms with E-state index < -0.39 is 0 Å². The Morgan fingerprint density at radius 2 is 2.18 bits per heavy atom. The van der Waals surface area contributed by atoms with Crippen molar-refractivity contribution in [3.63, 3.8) is 0 Å². The fraction of sp³-hybridized carbons (Fsp3) is 0.167. The van der Waals surface area contributed by atoms with E-state index in [9.17, 15) is 0 Å². The number of aryl methyl sites for hydroxylation is 1. The largest absolute Gasteiger partial charge is 0.454 e. The molecule has 1 aliphatic heterocycles. The highest BCUT2D eigenvalue weighted by molar-refractivity contribution is 6.32. The fourth-order valence-electron chi connectivity index (χ4n) is 2.44. The molecule has 0 radical (unpaired) electrons. The van der Waals surface area contributed by atoms with Gasteiger partial charge in [-0.05, 0) is 42.7 Å². The number of halogens is 1. The molecule has 1 aromatic rings. The van der Waals surface area contributed by atoms with Gasteiger partial charge in [-0.15, -0.1) is 0 Å². The Hall–Kier alpha value is -2.26. The number of nitrogens with two attached hydrogens (primary N) is 1. The lowest BCUT2D eigenvalue weighted by molar-refractivity contribution is 0.451. The lowest BCUT2D eigenvalue weighted by Gasteiger charge is -2.18. The highest BCUT2D eigenvalue weighted by atomic mass is 35.5. The molecule has 0 bridgehead atoms. The summed E-state index contributed by atoms with van der Waals surface area (Å²) in [6.07, 6.45) is 15.1. The van der Waals surface area contributed by atoms with Gasteiger partial charge in [0.05, 0.1) is 17.3 Å². The molecule has 1 aromatic carbocycles. The molecule has 0 saturated heterocycles. The van der Waals surface area contributed by atoms with Crippen LogP contribution in [0.15, 0.2) is 64.9 Å². The number of nitrogen functional groups attached to an aromatic ring is 1. The van der Waals surface area contributed by atoms with Crippen LogP contribution in [0.4, 0.5) is 5.69 Å². The Balaban J connectivity index is 1.90. The number of rotatable bonds is 2. The van der Waals surface area contributed by atoms with Crippen molar-refractivity contribution in [1.29, 1.82) is 0 Å². The van der Waals surface area contributed by atoms with Crippen molar-refractivity contribution in [1.82, 2.24) is 0 Å². The highest BCUT2D eigenvalue weighted by Crippen LogP contribution is 2.33. The Labute approximate surface area is 135 Å². The molecular weight excluding hydrogens is 296 g/mol. The third kappa shape index (κ3) is 3.15. The zero-order valence-electron chi connectivity index (χ0n) is 12.3. The molecule has 2 N–H and O–H groups in total. The van der Waals surface area contributed by atoms with Gasteiger partial charge in [0.15, 0.2) is 0 Å². The molecule has 2 aliphatic rings. The summed E-state index contributed by atoms with van der Waals surface area (Å²) in [5.41, 5.74) is 8.39. The van der Waals surface area contributed by atoms with Crippen molar-refractivity contribution >= 4 is 23.5 Å². The SMILES string of the molecule is Cc1cc(N)cc(Cl)c1OC1=C/C2=C/C=C\CC=CC2N=C1. The Morgan fingerprint density at radius 3 is 3.00 bits per heavy atom. The molecule has 3 nitrogen and oxygen atoms in total. The van der Waals surface area contributed by atoms with Crippen LogP contribution >= 0.6 is 11.6 Å². The molecule has 0 spiro atoms. The topological polar surface area (TPSA) is 47.6 Å². The van der Waals surface area contributed by atoms with Crippen LogP contribution in [-0.2, 0) is 0 Å². The Morgan fingerprint density at radius 1 is 1.32 bits per heavy atom. The van der Waals surface area contributed by atoms with Gasteiger partial charge < -0.3 is 10.5 Å². The average molecular weight is 313 g/mol. The summed E-state index contributed by atoms with van der Waals surface area (Å²) in [5, 5.41) is 0.500. The number of hydrogen-bond donors (Lipinski definition) is 1. The van der Waals surface area contributed by atoms with Crippen LogP contribution in [0.3, 0.4) is 0 Å². The van der Waals surface area contributed by atoms with Gasteiger partial charge in [-0.3, -0.25) is 4.99 Å². The number of fused-ring (bicyclic) bond motifs is 1. The molecule has 0 saturated carbocycles. The second-order valence-corrected chi connectivity index (χ2v) is 5.69. The second kappa shape index (κ2) is 6.24. The minimum Gasteiger partial charge on any atom is -0.454 e. The van der Waals surface area contributed by atoms with Crippen LogP contribution in [0, 0.1) is 6.92 Å². The van der Waals surface area contributed by atoms with E-state index in [2.05, 4.69) is 29.3 Å². The number of ether oxygens (including phenoxy) is 1. The van der Waals surface area contributed by atoms with E-state index in [4.69, 9.17) is 22.1 Å². The molecule has 3 rings (SSSR count). The zero-order valence-corrected chi connectivity index (χ0v) is 13.0. The fourth-order valence-corrected chi connectivity index (χ4v) is 2.75. The summed E-state index contributed by atoms with van der Waals surface area (Å²) in [6, 6.07) is 3.58. The Bertz CT molecular complexity index is 718. The van der Waals surface area contributed by atoms with E-state index in [0.717, 1.165) is 17.6 Å². The molecule has 0 aromatic heterocycles. The van der Waals surface area contributed by atoms with Crippen LogP contribution in [0.5, 0.6) is 5.75 Å². The van der Waals surface area contributed by atoms with Crippen LogP contribution < -0.4 is 10.5 Å². The predicted octanol–water partition coefficient (Wildman–Crippen LogP) is 4.39. The maximum atomic E-state index is 6.23. The molecule has 1 aliphatic carbocycles. The van der Waals surface area contributed by atoms with Crippen molar-refractivity contribution in [2.45, 2.75) is 19.4 Å². The first-order valence-corrected chi connectivity index (χ1v) is 7.53. The number of anilines is 1. The Kier molecular flexibility index (Phi) is 4.16. The molecule has 4 heteroatoms. The van der Waals surface area contributed by atoms with E-state index in [1.807, 2.05) is 25.1 Å². The van der Waals surface area contributed by atoms with Gasteiger partial charge >= 0.3 is 0 Å². The van der Waals surface area contributed by atoms with Gasteiger partial charge in [0.1, 0.15) is 11.5 Å². The number of aliphatic imine (C=N–C) groups is 1. The first-order chi connectivity index (χ1) is 10.6.